The number of aryl methyl sites for hydroxylation is 2. The van der Waals surface area contributed by atoms with E-state index in [9.17, 15) is 10.1 Å². The van der Waals surface area contributed by atoms with Gasteiger partial charge in [0.1, 0.15) is 0 Å². The molecule has 3 rings (SSSR count). The van der Waals surface area contributed by atoms with E-state index in [0.29, 0.717) is 11.6 Å². The summed E-state index contributed by atoms with van der Waals surface area (Å²) in [4.78, 5) is 14.2. The number of hydrogen-bond acceptors (Lipinski definition) is 4. The van der Waals surface area contributed by atoms with Crippen molar-refractivity contribution >= 4 is 11.5 Å². The Hall–Kier alpha value is -2.63. The van der Waals surface area contributed by atoms with Gasteiger partial charge in [0.25, 0.3) is 0 Å². The number of imidazole rings is 1. The number of rotatable bonds is 2. The highest BCUT2D eigenvalue weighted by Gasteiger charge is 2.24. The zero-order valence-electron chi connectivity index (χ0n) is 10.5. The maximum atomic E-state index is 10.9. The molecule has 3 aromatic rings. The van der Waals surface area contributed by atoms with E-state index in [1.807, 2.05) is 31.2 Å². The molecule has 2 aromatic heterocycles. The summed E-state index contributed by atoms with van der Waals surface area (Å²) in [6.07, 6.45) is 1.72. The van der Waals surface area contributed by atoms with Crippen LogP contribution in [0.4, 0.5) is 5.82 Å². The van der Waals surface area contributed by atoms with E-state index in [2.05, 4.69) is 4.98 Å². The number of oxazole rings is 1. The predicted molar refractivity (Wildman–Crippen MR) is 69.0 cm³/mol. The molecule has 0 aliphatic heterocycles. The summed E-state index contributed by atoms with van der Waals surface area (Å²) in [6.45, 7) is 3.70. The van der Waals surface area contributed by atoms with E-state index in [4.69, 9.17) is 4.42 Å². The third-order valence-electron chi connectivity index (χ3n) is 2.99. The smallest absolute Gasteiger partial charge is 0.427 e. The van der Waals surface area contributed by atoms with Crippen molar-refractivity contribution in [2.45, 2.75) is 13.8 Å². The van der Waals surface area contributed by atoms with E-state index < -0.39 is 4.92 Å². The molecule has 0 unspecified atom stereocenters. The quantitative estimate of drug-likeness (QED) is 0.522. The van der Waals surface area contributed by atoms with Crippen molar-refractivity contribution in [3.63, 3.8) is 0 Å². The molecule has 0 amide bonds. The zero-order valence-corrected chi connectivity index (χ0v) is 10.5. The average molecular weight is 257 g/mol. The molecule has 0 fully saturated rings. The Balaban J connectivity index is 2.19. The lowest BCUT2D eigenvalue weighted by atomic mass is 10.1. The second kappa shape index (κ2) is 3.94. The second-order valence-electron chi connectivity index (χ2n) is 4.38. The van der Waals surface area contributed by atoms with Gasteiger partial charge in [0.15, 0.2) is 5.76 Å². The van der Waals surface area contributed by atoms with Gasteiger partial charge in [-0.2, -0.15) is 0 Å². The fourth-order valence-corrected chi connectivity index (χ4v) is 1.97. The molecule has 0 saturated carbocycles. The molecule has 0 bridgehead atoms. The van der Waals surface area contributed by atoms with Crippen LogP contribution in [-0.2, 0) is 0 Å². The van der Waals surface area contributed by atoms with Crippen LogP contribution in [0.2, 0.25) is 0 Å². The Labute approximate surface area is 108 Å². The van der Waals surface area contributed by atoms with E-state index in [1.54, 1.807) is 17.5 Å². The van der Waals surface area contributed by atoms with Gasteiger partial charge in [0, 0.05) is 12.5 Å². The summed E-state index contributed by atoms with van der Waals surface area (Å²) >= 11 is 0. The number of nitrogens with zero attached hydrogens (tertiary/aromatic N) is 3. The van der Waals surface area contributed by atoms with Gasteiger partial charge in [-0.3, -0.25) is 0 Å². The summed E-state index contributed by atoms with van der Waals surface area (Å²) in [6, 6.07) is 7.77. The van der Waals surface area contributed by atoms with Crippen LogP contribution >= 0.6 is 0 Å². The Morgan fingerprint density at radius 2 is 1.95 bits per heavy atom. The first kappa shape index (κ1) is 11.5. The molecule has 2 heterocycles. The van der Waals surface area contributed by atoms with Crippen LogP contribution in [0, 0.1) is 24.0 Å². The topological polar surface area (TPSA) is 73.6 Å². The van der Waals surface area contributed by atoms with E-state index in [1.165, 1.54) is 0 Å². The lowest BCUT2D eigenvalue weighted by molar-refractivity contribution is -0.388. The van der Waals surface area contributed by atoms with Crippen molar-refractivity contribution in [3.8, 4) is 11.3 Å². The first-order valence-corrected chi connectivity index (χ1v) is 5.76. The lowest BCUT2D eigenvalue weighted by Crippen LogP contribution is -1.87. The highest BCUT2D eigenvalue weighted by Crippen LogP contribution is 2.28. The maximum Gasteiger partial charge on any atom is 0.427 e. The molecule has 0 saturated heterocycles. The molecular weight excluding hydrogens is 246 g/mol. The summed E-state index contributed by atoms with van der Waals surface area (Å²) in [7, 11) is 0. The molecule has 0 aliphatic carbocycles. The van der Waals surface area contributed by atoms with Crippen molar-refractivity contribution in [1.82, 2.24) is 9.38 Å². The minimum atomic E-state index is -0.537. The van der Waals surface area contributed by atoms with Crippen molar-refractivity contribution in [3.05, 3.63) is 52.0 Å². The predicted octanol–water partition coefficient (Wildman–Crippen LogP) is 3.12. The molecule has 1 aromatic carbocycles. The van der Waals surface area contributed by atoms with Crippen molar-refractivity contribution < 1.29 is 9.34 Å². The minimum absolute atomic E-state index is 0.165. The van der Waals surface area contributed by atoms with Crippen molar-refractivity contribution in [2.75, 3.05) is 0 Å². The first-order chi connectivity index (χ1) is 9.06. The highest BCUT2D eigenvalue weighted by atomic mass is 16.6. The minimum Gasteiger partial charge on any atom is -0.431 e. The van der Waals surface area contributed by atoms with Gasteiger partial charge in [0.2, 0.25) is 5.82 Å². The summed E-state index contributed by atoms with van der Waals surface area (Å²) in [5.74, 6) is 0.864. The number of hydrogen-bond donors (Lipinski definition) is 0. The SMILES string of the molecule is Cc1ccc(-c2cn3c(C)nc([N+](=O)[O-])c3o2)cc1. The normalized spacial score (nSPS) is 11.1. The van der Waals surface area contributed by atoms with Crippen LogP contribution < -0.4 is 0 Å². The van der Waals surface area contributed by atoms with Gasteiger partial charge in [-0.05, 0) is 16.8 Å². The third kappa shape index (κ3) is 1.77. The summed E-state index contributed by atoms with van der Waals surface area (Å²) < 4.78 is 7.16. The van der Waals surface area contributed by atoms with Gasteiger partial charge >= 0.3 is 11.5 Å². The molecular formula is C13H11N3O3. The highest BCUT2D eigenvalue weighted by molar-refractivity contribution is 5.63. The van der Waals surface area contributed by atoms with Crippen molar-refractivity contribution in [1.29, 1.82) is 0 Å². The van der Waals surface area contributed by atoms with Gasteiger partial charge in [-0.25, -0.2) is 4.40 Å². The Morgan fingerprint density at radius 3 is 2.58 bits per heavy atom. The first-order valence-electron chi connectivity index (χ1n) is 5.76. The number of aromatic nitrogens is 2. The molecule has 96 valence electrons. The number of fused-ring (bicyclic) bond motifs is 1. The standard InChI is InChI=1S/C13H11N3O3/c1-8-3-5-10(6-4-8)11-7-15-9(2)14-12(16(17)18)13(15)19-11/h3-7H,1-2H3. The van der Waals surface area contributed by atoms with E-state index >= 15 is 0 Å². The van der Waals surface area contributed by atoms with Crippen LogP contribution in [0.5, 0.6) is 0 Å². The van der Waals surface area contributed by atoms with Gasteiger partial charge in [0.05, 0.1) is 6.20 Å². The number of benzene rings is 1. The Bertz CT molecular complexity index is 768. The largest absolute Gasteiger partial charge is 0.431 e. The van der Waals surface area contributed by atoms with Gasteiger partial charge in [-0.1, -0.05) is 29.8 Å². The Morgan fingerprint density at radius 1 is 1.26 bits per heavy atom. The lowest BCUT2D eigenvalue weighted by Gasteiger charge is -1.96. The average Bonchev–Trinajstić information content (AvgIpc) is 2.91. The van der Waals surface area contributed by atoms with Crippen LogP contribution in [-0.4, -0.2) is 14.3 Å². The fourth-order valence-electron chi connectivity index (χ4n) is 1.97. The van der Waals surface area contributed by atoms with Gasteiger partial charge in [-0.15, -0.1) is 0 Å². The second-order valence-corrected chi connectivity index (χ2v) is 4.38. The van der Waals surface area contributed by atoms with Crippen LogP contribution in [0.25, 0.3) is 17.0 Å². The monoisotopic (exact) mass is 257 g/mol. The molecule has 6 nitrogen and oxygen atoms in total. The van der Waals surface area contributed by atoms with Crippen molar-refractivity contribution in [2.24, 2.45) is 0 Å². The molecule has 0 N–H and O–H groups in total. The summed E-state index contributed by atoms with van der Waals surface area (Å²) in [5.41, 5.74) is 2.19. The molecule has 0 aliphatic rings. The van der Waals surface area contributed by atoms with E-state index in [-0.39, 0.29) is 11.5 Å². The zero-order chi connectivity index (χ0) is 13.6. The van der Waals surface area contributed by atoms with Crippen LogP contribution in [0.1, 0.15) is 11.4 Å². The van der Waals surface area contributed by atoms with E-state index in [0.717, 1.165) is 11.1 Å². The van der Waals surface area contributed by atoms with Crippen LogP contribution in [0.15, 0.2) is 34.9 Å². The third-order valence-corrected chi connectivity index (χ3v) is 2.99. The molecule has 19 heavy (non-hydrogen) atoms. The number of nitro groups is 1. The fraction of sp³-hybridized carbons (Fsp3) is 0.154. The van der Waals surface area contributed by atoms with Gasteiger partial charge < -0.3 is 14.5 Å². The Kier molecular flexibility index (Phi) is 2.38. The molecule has 6 heteroatoms. The molecule has 0 spiro atoms. The molecule has 0 atom stereocenters. The molecule has 0 radical (unpaired) electrons. The summed E-state index contributed by atoms with van der Waals surface area (Å²) in [5, 5.41) is 10.9. The maximum absolute atomic E-state index is 10.9. The van der Waals surface area contributed by atoms with Crippen LogP contribution in [0.3, 0.4) is 0 Å².